The maximum Gasteiger partial charge on any atom is 0.230 e. The van der Waals surface area contributed by atoms with E-state index in [1.165, 1.54) is 6.07 Å². The molecule has 2 aromatic carbocycles. The van der Waals surface area contributed by atoms with Gasteiger partial charge in [-0.3, -0.25) is 9.59 Å². The number of ketones is 1. The first kappa shape index (κ1) is 25.4. The van der Waals surface area contributed by atoms with Gasteiger partial charge >= 0.3 is 0 Å². The minimum absolute atomic E-state index is 0.0205. The third kappa shape index (κ3) is 6.68. The molecular weight excluding hydrogens is 453 g/mol. The second-order valence-electron chi connectivity index (χ2n) is 9.27. The minimum Gasteiger partial charge on any atom is -0.425 e. The lowest BCUT2D eigenvalue weighted by Gasteiger charge is -2.20. The topological polar surface area (TPSA) is 94.3 Å². The Morgan fingerprint density at radius 1 is 1.06 bits per heavy atom. The van der Waals surface area contributed by atoms with Crippen LogP contribution in [0.5, 0.6) is 0 Å². The summed E-state index contributed by atoms with van der Waals surface area (Å²) in [5.74, 6) is -0.452. The van der Waals surface area contributed by atoms with Crippen LogP contribution in [0.3, 0.4) is 0 Å². The summed E-state index contributed by atoms with van der Waals surface area (Å²) in [5.41, 5.74) is 2.13. The van der Waals surface area contributed by atoms with Gasteiger partial charge in [0.1, 0.15) is 18.3 Å². The molecule has 3 aromatic rings. The molecule has 1 N–H and O–H groups in total. The lowest BCUT2D eigenvalue weighted by Crippen LogP contribution is -2.40. The maximum absolute atomic E-state index is 14.7. The Balaban J connectivity index is 1.82. The molecule has 0 aliphatic heterocycles. The fourth-order valence-electron chi connectivity index (χ4n) is 3.66. The van der Waals surface area contributed by atoms with Gasteiger partial charge in [0.2, 0.25) is 17.7 Å². The monoisotopic (exact) mass is 483 g/mol. The Bertz CT molecular complexity index is 1160. The van der Waals surface area contributed by atoms with Crippen molar-refractivity contribution in [2.75, 3.05) is 7.11 Å². The van der Waals surface area contributed by atoms with Crippen molar-refractivity contribution in [1.29, 1.82) is 0 Å². The van der Waals surface area contributed by atoms with E-state index in [2.05, 4.69) is 35.2 Å². The molecule has 1 heterocycles. The van der Waals surface area contributed by atoms with Crippen LogP contribution in [-0.2, 0) is 33.8 Å². The van der Waals surface area contributed by atoms with Crippen LogP contribution in [0.2, 0.25) is 19.6 Å². The first-order valence-corrected chi connectivity index (χ1v) is 14.5. The van der Waals surface area contributed by atoms with E-state index in [0.29, 0.717) is 23.6 Å². The number of nitrogens with one attached hydrogen (secondary N) is 1. The van der Waals surface area contributed by atoms with E-state index < -0.39 is 20.0 Å². The molecule has 0 bridgehead atoms. The van der Waals surface area contributed by atoms with Gasteiger partial charge in [0, 0.05) is 20.5 Å². The van der Waals surface area contributed by atoms with E-state index in [9.17, 15) is 14.0 Å². The molecule has 0 aliphatic carbocycles. The highest BCUT2D eigenvalue weighted by molar-refractivity contribution is 6.88. The lowest BCUT2D eigenvalue weighted by atomic mass is 9.96. The van der Waals surface area contributed by atoms with Crippen molar-refractivity contribution in [2.24, 2.45) is 0 Å². The number of benzene rings is 2. The largest absolute Gasteiger partial charge is 0.425 e. The molecule has 0 saturated heterocycles. The van der Waals surface area contributed by atoms with Crippen molar-refractivity contribution in [3.8, 4) is 0 Å². The van der Waals surface area contributed by atoms with Crippen LogP contribution in [0.4, 0.5) is 4.39 Å². The van der Waals surface area contributed by atoms with Crippen LogP contribution >= 0.6 is 0 Å². The number of ether oxygens (including phenoxy) is 1. The fraction of sp³-hybridized carbons (Fsp3) is 0.360. The highest BCUT2D eigenvalue weighted by Crippen LogP contribution is 2.19. The highest BCUT2D eigenvalue weighted by Gasteiger charge is 2.25. The summed E-state index contributed by atoms with van der Waals surface area (Å²) < 4.78 is 25.1. The molecule has 0 saturated carbocycles. The first-order chi connectivity index (χ1) is 16.1. The van der Waals surface area contributed by atoms with Gasteiger partial charge in [-0.15, -0.1) is 10.2 Å². The van der Waals surface area contributed by atoms with Crippen molar-refractivity contribution in [3.63, 3.8) is 0 Å². The summed E-state index contributed by atoms with van der Waals surface area (Å²) in [6.45, 7) is 8.28. The Hall–Kier alpha value is -3.17. The van der Waals surface area contributed by atoms with Gasteiger partial charge in [-0.05, 0) is 27.9 Å². The van der Waals surface area contributed by atoms with Gasteiger partial charge in [-0.2, -0.15) is 0 Å². The third-order valence-electron chi connectivity index (χ3n) is 5.35. The number of hydrogen-bond acceptors (Lipinski definition) is 6. The van der Waals surface area contributed by atoms with Crippen molar-refractivity contribution in [2.45, 2.75) is 52.1 Å². The predicted octanol–water partition coefficient (Wildman–Crippen LogP) is 3.42. The van der Waals surface area contributed by atoms with Crippen molar-refractivity contribution in [3.05, 3.63) is 76.8 Å². The van der Waals surface area contributed by atoms with E-state index in [1.54, 1.807) is 38.3 Å². The number of carbonyl (C=O) groups is 2. The van der Waals surface area contributed by atoms with Crippen LogP contribution in [0.1, 0.15) is 34.5 Å². The lowest BCUT2D eigenvalue weighted by molar-refractivity contribution is -0.127. The molecule has 1 amide bonds. The molecule has 0 radical (unpaired) electrons. The number of rotatable bonds is 10. The predicted molar refractivity (Wildman–Crippen MR) is 129 cm³/mol. The summed E-state index contributed by atoms with van der Waals surface area (Å²) in [7, 11) is -0.228. The van der Waals surface area contributed by atoms with Gasteiger partial charge in [-0.1, -0.05) is 56.0 Å². The number of aromatic nitrogens is 2. The average Bonchev–Trinajstić information content (AvgIpc) is 3.16. The zero-order valence-electron chi connectivity index (χ0n) is 20.1. The molecule has 0 spiro atoms. The number of nitrogens with zero attached hydrogens (tertiary/aromatic N) is 2. The van der Waals surface area contributed by atoms with E-state index in [0.717, 1.165) is 10.8 Å². The average molecular weight is 484 g/mol. The van der Waals surface area contributed by atoms with Crippen LogP contribution in [-0.4, -0.2) is 37.1 Å². The molecule has 180 valence electrons. The second-order valence-corrected chi connectivity index (χ2v) is 14.3. The van der Waals surface area contributed by atoms with E-state index >= 15 is 0 Å². The smallest absolute Gasteiger partial charge is 0.230 e. The summed E-state index contributed by atoms with van der Waals surface area (Å²) in [4.78, 5) is 26.0. The quantitative estimate of drug-likeness (QED) is 0.444. The standard InChI is InChI=1S/C25H30FN3O4Si/c1-16-28-29-24(33-16)14-23(31)27-25(19-9-6-17(7-10-19)15-32-2)21(30)13-18-8-11-22(20(26)12-18)34(3,4)5/h6-12,25H,13-15H2,1-5H3,(H,27,31). The SMILES string of the molecule is COCc1ccc(C(NC(=O)Cc2nnc(C)o2)C(=O)Cc2ccc([Si](C)(C)C)c(F)c2)cc1. The van der Waals surface area contributed by atoms with Crippen LogP contribution in [0, 0.1) is 12.7 Å². The summed E-state index contributed by atoms with van der Waals surface area (Å²) in [6.07, 6.45) is -0.167. The van der Waals surface area contributed by atoms with Crippen LogP contribution in [0.15, 0.2) is 46.9 Å². The summed E-state index contributed by atoms with van der Waals surface area (Å²) in [5, 5.41) is 11.1. The molecule has 0 fully saturated rings. The zero-order chi connectivity index (χ0) is 24.9. The Kier molecular flexibility index (Phi) is 8.11. The number of aryl methyl sites for hydroxylation is 1. The van der Waals surface area contributed by atoms with Gasteiger partial charge < -0.3 is 14.5 Å². The number of hydrogen-bond donors (Lipinski definition) is 1. The third-order valence-corrected chi connectivity index (χ3v) is 7.37. The Morgan fingerprint density at radius 2 is 1.74 bits per heavy atom. The second kappa shape index (κ2) is 10.8. The molecule has 1 aromatic heterocycles. The molecule has 1 unspecified atom stereocenters. The minimum atomic E-state index is -1.83. The van der Waals surface area contributed by atoms with Gasteiger partial charge in [-0.25, -0.2) is 4.39 Å². The van der Waals surface area contributed by atoms with E-state index in [4.69, 9.17) is 9.15 Å². The van der Waals surface area contributed by atoms with E-state index in [-0.39, 0.29) is 30.3 Å². The Labute approximate surface area is 199 Å². The van der Waals surface area contributed by atoms with Crippen molar-refractivity contribution in [1.82, 2.24) is 15.5 Å². The van der Waals surface area contributed by atoms with Crippen molar-refractivity contribution >= 4 is 25.0 Å². The maximum atomic E-state index is 14.7. The van der Waals surface area contributed by atoms with E-state index in [1.807, 2.05) is 12.1 Å². The fourth-order valence-corrected chi connectivity index (χ4v) is 5.03. The summed E-state index contributed by atoms with van der Waals surface area (Å²) >= 11 is 0. The normalized spacial score (nSPS) is 12.4. The van der Waals surface area contributed by atoms with Crippen LogP contribution in [0.25, 0.3) is 0 Å². The molecular formula is C25H30FN3O4Si. The van der Waals surface area contributed by atoms with Gasteiger partial charge in [0.25, 0.3) is 0 Å². The number of halogens is 1. The first-order valence-electron chi connectivity index (χ1n) is 11.0. The van der Waals surface area contributed by atoms with Crippen LogP contribution < -0.4 is 10.5 Å². The molecule has 9 heteroatoms. The van der Waals surface area contributed by atoms with Gasteiger partial charge in [0.05, 0.1) is 14.7 Å². The number of methoxy groups -OCH3 is 1. The highest BCUT2D eigenvalue weighted by atomic mass is 28.3. The molecule has 1 atom stereocenters. The van der Waals surface area contributed by atoms with Crippen molar-refractivity contribution < 1.29 is 23.1 Å². The molecule has 3 rings (SSSR count). The molecule has 0 aliphatic rings. The summed E-state index contributed by atoms with van der Waals surface area (Å²) in [6, 6.07) is 11.3. The number of amides is 1. The molecule has 34 heavy (non-hydrogen) atoms. The van der Waals surface area contributed by atoms with Gasteiger partial charge in [0.15, 0.2) is 5.78 Å². The number of carbonyl (C=O) groups excluding carboxylic acids is 2. The molecule has 7 nitrogen and oxygen atoms in total. The Morgan fingerprint density at radius 3 is 2.29 bits per heavy atom. The number of Topliss-reactive ketones (excluding diaryl/α,β-unsaturated/α-hetero) is 1. The zero-order valence-corrected chi connectivity index (χ0v) is 21.1.